The second-order valence-corrected chi connectivity index (χ2v) is 7.79. The fourth-order valence-electron chi connectivity index (χ4n) is 3.62. The molecule has 180 valence electrons. The molecule has 12 heteroatoms. The number of nitrogens with one attached hydrogen (secondary N) is 1. The van der Waals surface area contributed by atoms with Crippen molar-refractivity contribution >= 4 is 17.5 Å². The fraction of sp³-hybridized carbons (Fsp3) is 0.364. The maximum atomic E-state index is 13.8. The smallest absolute Gasteiger partial charge is 0.274 e. The Balaban J connectivity index is 1.46. The van der Waals surface area contributed by atoms with Crippen LogP contribution >= 0.6 is 0 Å². The number of halogens is 2. The quantitative estimate of drug-likeness (QED) is 0.588. The molecule has 4 rings (SSSR count). The van der Waals surface area contributed by atoms with Crippen LogP contribution in [-0.2, 0) is 18.5 Å². The number of anilines is 1. The van der Waals surface area contributed by atoms with Crippen molar-refractivity contribution in [1.29, 1.82) is 0 Å². The van der Waals surface area contributed by atoms with Gasteiger partial charge in [-0.25, -0.2) is 13.5 Å². The maximum absolute atomic E-state index is 13.8. The van der Waals surface area contributed by atoms with Crippen LogP contribution in [0.2, 0.25) is 0 Å². The van der Waals surface area contributed by atoms with Crippen molar-refractivity contribution in [2.24, 2.45) is 7.05 Å². The highest BCUT2D eigenvalue weighted by Crippen LogP contribution is 2.23. The van der Waals surface area contributed by atoms with Crippen LogP contribution in [0.1, 0.15) is 32.4 Å². The van der Waals surface area contributed by atoms with Gasteiger partial charge < -0.3 is 19.7 Å². The minimum atomic E-state index is -0.825. The van der Waals surface area contributed by atoms with Gasteiger partial charge in [0.1, 0.15) is 11.5 Å². The Labute approximate surface area is 194 Å². The van der Waals surface area contributed by atoms with E-state index >= 15 is 0 Å². The summed E-state index contributed by atoms with van der Waals surface area (Å²) >= 11 is 0. The van der Waals surface area contributed by atoms with Crippen LogP contribution in [0, 0.1) is 25.5 Å². The van der Waals surface area contributed by atoms with Crippen molar-refractivity contribution < 1.29 is 27.8 Å². The number of morpholine rings is 1. The molecule has 1 saturated heterocycles. The average molecular weight is 474 g/mol. The molecule has 0 spiro atoms. The number of amides is 2. The van der Waals surface area contributed by atoms with E-state index in [1.807, 2.05) is 0 Å². The van der Waals surface area contributed by atoms with Crippen molar-refractivity contribution in [1.82, 2.24) is 24.5 Å². The van der Waals surface area contributed by atoms with E-state index in [0.717, 1.165) is 12.1 Å². The number of ether oxygens (including phenoxy) is 2. The number of carbonyl (C=O) groups is 2. The Hall–Kier alpha value is -3.80. The second kappa shape index (κ2) is 9.59. The molecule has 0 aliphatic carbocycles. The van der Waals surface area contributed by atoms with Crippen LogP contribution < -0.4 is 10.1 Å². The van der Waals surface area contributed by atoms with Crippen molar-refractivity contribution in [3.8, 4) is 5.75 Å². The van der Waals surface area contributed by atoms with E-state index in [4.69, 9.17) is 9.47 Å². The molecule has 1 fully saturated rings. The van der Waals surface area contributed by atoms with E-state index < -0.39 is 17.5 Å². The zero-order valence-corrected chi connectivity index (χ0v) is 19.0. The SMILES string of the molecule is Cc1nn(COc2ccc(F)cc2F)c(C)c1NC(=O)c1cc(C(=O)N2CCOCC2)nn1C. The van der Waals surface area contributed by atoms with Crippen molar-refractivity contribution in [3.05, 3.63) is 58.7 Å². The molecule has 0 unspecified atom stereocenters. The van der Waals surface area contributed by atoms with Crippen molar-refractivity contribution in [2.45, 2.75) is 20.6 Å². The molecule has 1 aliphatic rings. The average Bonchev–Trinajstić information content (AvgIpc) is 3.33. The number of carbonyl (C=O) groups excluding carboxylic acids is 2. The van der Waals surface area contributed by atoms with E-state index in [1.165, 1.54) is 21.5 Å². The van der Waals surface area contributed by atoms with Gasteiger partial charge in [-0.3, -0.25) is 14.3 Å². The summed E-state index contributed by atoms with van der Waals surface area (Å²) in [4.78, 5) is 27.3. The minimum absolute atomic E-state index is 0.119. The van der Waals surface area contributed by atoms with Gasteiger partial charge in [-0.1, -0.05) is 0 Å². The standard InChI is InChI=1S/C22H24F2N6O4/c1-13-20(14(2)30(26-13)12-34-19-5-4-15(23)10-16(19)24)25-21(31)18-11-17(27-28(18)3)22(32)29-6-8-33-9-7-29/h4-5,10-11H,6-9,12H2,1-3H3,(H,25,31). The molecular formula is C22H24F2N6O4. The molecule has 0 saturated carbocycles. The first-order valence-corrected chi connectivity index (χ1v) is 10.6. The summed E-state index contributed by atoms with van der Waals surface area (Å²) in [7, 11) is 1.58. The lowest BCUT2D eigenvalue weighted by Gasteiger charge is -2.25. The first-order valence-electron chi connectivity index (χ1n) is 10.6. The molecular weight excluding hydrogens is 450 g/mol. The molecule has 3 heterocycles. The van der Waals surface area contributed by atoms with Gasteiger partial charge in [0.2, 0.25) is 0 Å². The first-order chi connectivity index (χ1) is 16.2. The van der Waals surface area contributed by atoms with Gasteiger partial charge in [0.25, 0.3) is 11.8 Å². The van der Waals surface area contributed by atoms with Crippen molar-refractivity contribution in [2.75, 3.05) is 31.6 Å². The number of aromatic nitrogens is 4. The predicted molar refractivity (Wildman–Crippen MR) is 117 cm³/mol. The summed E-state index contributed by atoms with van der Waals surface area (Å²) in [5.74, 6) is -2.37. The lowest BCUT2D eigenvalue weighted by atomic mass is 10.2. The molecule has 3 aromatic rings. The first kappa shape index (κ1) is 23.4. The number of hydrogen-bond acceptors (Lipinski definition) is 6. The van der Waals surface area contributed by atoms with E-state index in [2.05, 4.69) is 15.5 Å². The lowest BCUT2D eigenvalue weighted by Crippen LogP contribution is -2.40. The minimum Gasteiger partial charge on any atom is -0.468 e. The largest absolute Gasteiger partial charge is 0.468 e. The Morgan fingerprint density at radius 2 is 1.88 bits per heavy atom. The molecule has 2 amide bonds. The lowest BCUT2D eigenvalue weighted by molar-refractivity contribution is 0.0298. The molecule has 0 radical (unpaired) electrons. The molecule has 0 bridgehead atoms. The molecule has 1 aliphatic heterocycles. The van der Waals surface area contributed by atoms with E-state index in [0.29, 0.717) is 43.4 Å². The van der Waals surface area contributed by atoms with Gasteiger partial charge in [-0.05, 0) is 26.0 Å². The van der Waals surface area contributed by atoms with Crippen LogP contribution in [0.15, 0.2) is 24.3 Å². The van der Waals surface area contributed by atoms with Gasteiger partial charge >= 0.3 is 0 Å². The van der Waals surface area contributed by atoms with Crippen LogP contribution in [0.3, 0.4) is 0 Å². The number of aryl methyl sites for hydroxylation is 2. The van der Waals surface area contributed by atoms with Crippen LogP contribution in [0.5, 0.6) is 5.75 Å². The summed E-state index contributed by atoms with van der Waals surface area (Å²) < 4.78 is 40.4. The highest BCUT2D eigenvalue weighted by atomic mass is 19.1. The summed E-state index contributed by atoms with van der Waals surface area (Å²) in [6, 6.07) is 4.46. The molecule has 0 atom stereocenters. The summed E-state index contributed by atoms with van der Waals surface area (Å²) in [5, 5.41) is 11.3. The molecule has 2 aromatic heterocycles. The number of rotatable bonds is 6. The molecule has 10 nitrogen and oxygen atoms in total. The summed E-state index contributed by atoms with van der Waals surface area (Å²) in [6.45, 7) is 5.15. The van der Waals surface area contributed by atoms with Crippen molar-refractivity contribution in [3.63, 3.8) is 0 Å². The topological polar surface area (TPSA) is 104 Å². The molecule has 1 N–H and O–H groups in total. The number of benzene rings is 1. The summed E-state index contributed by atoms with van der Waals surface area (Å²) in [6.07, 6.45) is 0. The Morgan fingerprint density at radius 1 is 1.15 bits per heavy atom. The fourth-order valence-corrected chi connectivity index (χ4v) is 3.62. The van der Waals surface area contributed by atoms with E-state index in [1.54, 1.807) is 25.8 Å². The third kappa shape index (κ3) is 4.76. The third-order valence-corrected chi connectivity index (χ3v) is 5.49. The zero-order valence-electron chi connectivity index (χ0n) is 19.0. The van der Waals surface area contributed by atoms with Gasteiger partial charge in [-0.15, -0.1) is 0 Å². The Morgan fingerprint density at radius 3 is 2.59 bits per heavy atom. The predicted octanol–water partition coefficient (Wildman–Crippen LogP) is 2.27. The third-order valence-electron chi connectivity index (χ3n) is 5.49. The highest BCUT2D eigenvalue weighted by Gasteiger charge is 2.24. The number of hydrogen-bond donors (Lipinski definition) is 1. The van der Waals surface area contributed by atoms with Crippen LogP contribution in [0.4, 0.5) is 14.5 Å². The van der Waals surface area contributed by atoms with Gasteiger partial charge in [0, 0.05) is 32.3 Å². The number of nitrogens with zero attached hydrogens (tertiary/aromatic N) is 5. The van der Waals surface area contributed by atoms with E-state index in [9.17, 15) is 18.4 Å². The summed E-state index contributed by atoms with van der Waals surface area (Å²) in [5.41, 5.74) is 1.91. The second-order valence-electron chi connectivity index (χ2n) is 7.79. The van der Waals surface area contributed by atoms with Gasteiger partial charge in [0.15, 0.2) is 24.0 Å². The normalized spacial score (nSPS) is 13.7. The van der Waals surface area contributed by atoms with Crippen LogP contribution in [0.25, 0.3) is 0 Å². The zero-order chi connectivity index (χ0) is 24.4. The molecule has 34 heavy (non-hydrogen) atoms. The Kier molecular flexibility index (Phi) is 6.59. The Bertz CT molecular complexity index is 1230. The van der Waals surface area contributed by atoms with E-state index in [-0.39, 0.29) is 29.8 Å². The maximum Gasteiger partial charge on any atom is 0.274 e. The van der Waals surface area contributed by atoms with Gasteiger partial charge in [-0.2, -0.15) is 10.2 Å². The van der Waals surface area contributed by atoms with Crippen LogP contribution in [-0.4, -0.2) is 62.6 Å². The molecule has 1 aromatic carbocycles. The monoisotopic (exact) mass is 474 g/mol. The van der Waals surface area contributed by atoms with Gasteiger partial charge in [0.05, 0.1) is 30.3 Å². The highest BCUT2D eigenvalue weighted by molar-refractivity contribution is 6.05.